The van der Waals surface area contributed by atoms with Crippen LogP contribution in [0.25, 0.3) is 11.0 Å². The quantitative estimate of drug-likeness (QED) is 0.753. The number of aromatic nitrogens is 3. The van der Waals surface area contributed by atoms with Crippen LogP contribution in [0.3, 0.4) is 0 Å². The van der Waals surface area contributed by atoms with Crippen molar-refractivity contribution in [3.63, 3.8) is 0 Å². The zero-order valence-corrected chi connectivity index (χ0v) is 11.6. The van der Waals surface area contributed by atoms with Crippen molar-refractivity contribution in [1.29, 1.82) is 0 Å². The van der Waals surface area contributed by atoms with E-state index in [1.807, 2.05) is 36.4 Å². The van der Waals surface area contributed by atoms with E-state index in [1.54, 1.807) is 12.4 Å². The van der Waals surface area contributed by atoms with Crippen molar-refractivity contribution in [3.8, 4) is 0 Å². The van der Waals surface area contributed by atoms with Gasteiger partial charge in [-0.25, -0.2) is 9.97 Å². The summed E-state index contributed by atoms with van der Waals surface area (Å²) in [5, 5.41) is 3.28. The van der Waals surface area contributed by atoms with Crippen LogP contribution in [-0.2, 0) is 6.54 Å². The SMILES string of the molecule is Brc1ncccc1NCc1cnc2ccccc2n1. The average molecular weight is 315 g/mol. The second-order valence-electron chi connectivity index (χ2n) is 4.05. The largest absolute Gasteiger partial charge is 0.377 e. The van der Waals surface area contributed by atoms with Gasteiger partial charge in [-0.2, -0.15) is 0 Å². The van der Waals surface area contributed by atoms with Crippen molar-refractivity contribution in [2.24, 2.45) is 0 Å². The molecule has 0 fully saturated rings. The Bertz CT molecular complexity index is 714. The molecule has 0 saturated carbocycles. The molecule has 0 bridgehead atoms. The Morgan fingerprint density at radius 3 is 2.68 bits per heavy atom. The third kappa shape index (κ3) is 2.71. The number of hydrogen-bond donors (Lipinski definition) is 1. The fourth-order valence-electron chi connectivity index (χ4n) is 1.78. The second kappa shape index (κ2) is 5.32. The molecule has 0 aliphatic rings. The first-order valence-corrected chi connectivity index (χ1v) is 6.67. The molecule has 5 heteroatoms. The number of benzene rings is 1. The molecule has 19 heavy (non-hydrogen) atoms. The van der Waals surface area contributed by atoms with E-state index >= 15 is 0 Å². The lowest BCUT2D eigenvalue weighted by atomic mass is 10.3. The molecule has 3 aromatic rings. The van der Waals surface area contributed by atoms with E-state index in [-0.39, 0.29) is 0 Å². The number of fused-ring (bicyclic) bond motifs is 1. The summed E-state index contributed by atoms with van der Waals surface area (Å²) >= 11 is 3.40. The molecule has 1 N–H and O–H groups in total. The molecule has 2 heterocycles. The zero-order chi connectivity index (χ0) is 13.1. The van der Waals surface area contributed by atoms with Crippen LogP contribution in [0.4, 0.5) is 5.69 Å². The van der Waals surface area contributed by atoms with Crippen LogP contribution in [0.2, 0.25) is 0 Å². The number of para-hydroxylation sites is 2. The minimum atomic E-state index is 0.613. The molecule has 3 rings (SSSR count). The summed E-state index contributed by atoms with van der Waals surface area (Å²) in [6, 6.07) is 11.7. The predicted octanol–water partition coefficient (Wildman–Crippen LogP) is 3.40. The summed E-state index contributed by atoms with van der Waals surface area (Å²) in [7, 11) is 0. The number of hydrogen-bond acceptors (Lipinski definition) is 4. The first-order chi connectivity index (χ1) is 9.33. The summed E-state index contributed by atoms with van der Waals surface area (Å²) in [6.45, 7) is 0.613. The minimum absolute atomic E-state index is 0.613. The van der Waals surface area contributed by atoms with Gasteiger partial charge in [0.05, 0.1) is 35.2 Å². The minimum Gasteiger partial charge on any atom is -0.377 e. The molecule has 0 spiro atoms. The smallest absolute Gasteiger partial charge is 0.129 e. The van der Waals surface area contributed by atoms with Crippen LogP contribution in [0.5, 0.6) is 0 Å². The lowest BCUT2D eigenvalue weighted by Gasteiger charge is -2.07. The van der Waals surface area contributed by atoms with Gasteiger partial charge < -0.3 is 5.32 Å². The lowest BCUT2D eigenvalue weighted by Crippen LogP contribution is -2.03. The highest BCUT2D eigenvalue weighted by Gasteiger charge is 2.02. The molecule has 4 nitrogen and oxygen atoms in total. The van der Waals surface area contributed by atoms with Gasteiger partial charge in [0.25, 0.3) is 0 Å². The van der Waals surface area contributed by atoms with E-state index in [0.717, 1.165) is 27.0 Å². The van der Waals surface area contributed by atoms with Crippen molar-refractivity contribution in [1.82, 2.24) is 15.0 Å². The Hall–Kier alpha value is -2.01. The van der Waals surface area contributed by atoms with Gasteiger partial charge in [0.15, 0.2) is 0 Å². The topological polar surface area (TPSA) is 50.7 Å². The van der Waals surface area contributed by atoms with Crippen LogP contribution in [-0.4, -0.2) is 15.0 Å². The molecule has 1 aromatic carbocycles. The molecule has 0 aliphatic carbocycles. The summed E-state index contributed by atoms with van der Waals surface area (Å²) in [5.41, 5.74) is 3.66. The molecule has 0 atom stereocenters. The Morgan fingerprint density at radius 1 is 1.00 bits per heavy atom. The van der Waals surface area contributed by atoms with Gasteiger partial charge in [-0.15, -0.1) is 0 Å². The normalized spacial score (nSPS) is 10.6. The van der Waals surface area contributed by atoms with Crippen molar-refractivity contribution < 1.29 is 0 Å². The van der Waals surface area contributed by atoms with E-state index in [2.05, 4.69) is 36.2 Å². The Balaban J connectivity index is 1.80. The van der Waals surface area contributed by atoms with Crippen LogP contribution >= 0.6 is 15.9 Å². The molecule has 0 radical (unpaired) electrons. The van der Waals surface area contributed by atoms with Crippen molar-refractivity contribution >= 4 is 32.7 Å². The molecule has 0 amide bonds. The van der Waals surface area contributed by atoms with Gasteiger partial charge in [0.1, 0.15) is 4.60 Å². The summed E-state index contributed by atoms with van der Waals surface area (Å²) in [5.74, 6) is 0. The zero-order valence-electron chi connectivity index (χ0n) is 10.0. The molecule has 0 unspecified atom stereocenters. The van der Waals surface area contributed by atoms with Gasteiger partial charge in [0.2, 0.25) is 0 Å². The highest BCUT2D eigenvalue weighted by atomic mass is 79.9. The summed E-state index contributed by atoms with van der Waals surface area (Å²) < 4.78 is 0.795. The molecule has 0 saturated heterocycles. The maximum atomic E-state index is 4.56. The van der Waals surface area contributed by atoms with Gasteiger partial charge in [0, 0.05) is 6.20 Å². The maximum absolute atomic E-state index is 4.56. The second-order valence-corrected chi connectivity index (χ2v) is 4.80. The Labute approximate surface area is 119 Å². The van der Waals surface area contributed by atoms with Crippen molar-refractivity contribution in [3.05, 3.63) is 59.1 Å². The summed E-state index contributed by atoms with van der Waals surface area (Å²) in [4.78, 5) is 13.1. The first kappa shape index (κ1) is 12.0. The third-order valence-corrected chi connectivity index (χ3v) is 3.35. The van der Waals surface area contributed by atoms with E-state index in [1.165, 1.54) is 0 Å². The van der Waals surface area contributed by atoms with Gasteiger partial charge in [-0.05, 0) is 40.2 Å². The monoisotopic (exact) mass is 314 g/mol. The number of halogens is 1. The van der Waals surface area contributed by atoms with E-state index in [9.17, 15) is 0 Å². The third-order valence-electron chi connectivity index (χ3n) is 2.72. The average Bonchev–Trinajstić information content (AvgIpc) is 2.46. The van der Waals surface area contributed by atoms with Crippen LogP contribution < -0.4 is 5.32 Å². The van der Waals surface area contributed by atoms with Crippen LogP contribution in [0.15, 0.2) is 53.4 Å². The lowest BCUT2D eigenvalue weighted by molar-refractivity contribution is 1.03. The maximum Gasteiger partial charge on any atom is 0.129 e. The standard InChI is InChI=1S/C14H11BrN4/c15-14-13(6-3-7-16-14)18-9-10-8-17-11-4-1-2-5-12(11)19-10/h1-8,18H,9H2. The number of pyridine rings is 1. The van der Waals surface area contributed by atoms with E-state index in [4.69, 9.17) is 0 Å². The predicted molar refractivity (Wildman–Crippen MR) is 78.8 cm³/mol. The molecule has 0 aliphatic heterocycles. The van der Waals surface area contributed by atoms with Crippen molar-refractivity contribution in [2.75, 3.05) is 5.32 Å². The van der Waals surface area contributed by atoms with Crippen LogP contribution in [0, 0.1) is 0 Å². The van der Waals surface area contributed by atoms with Crippen LogP contribution in [0.1, 0.15) is 5.69 Å². The first-order valence-electron chi connectivity index (χ1n) is 5.88. The van der Waals surface area contributed by atoms with Gasteiger partial charge >= 0.3 is 0 Å². The number of rotatable bonds is 3. The van der Waals surface area contributed by atoms with E-state index in [0.29, 0.717) is 6.54 Å². The number of anilines is 1. The molecular formula is C14H11BrN4. The fourth-order valence-corrected chi connectivity index (χ4v) is 2.17. The highest BCUT2D eigenvalue weighted by molar-refractivity contribution is 9.10. The number of nitrogens with one attached hydrogen (secondary N) is 1. The number of nitrogens with zero attached hydrogens (tertiary/aromatic N) is 3. The molecular weight excluding hydrogens is 304 g/mol. The Kier molecular flexibility index (Phi) is 3.37. The highest BCUT2D eigenvalue weighted by Crippen LogP contribution is 2.19. The Morgan fingerprint density at radius 2 is 1.84 bits per heavy atom. The summed E-state index contributed by atoms with van der Waals surface area (Å²) in [6.07, 6.45) is 3.53. The van der Waals surface area contributed by atoms with Gasteiger partial charge in [-0.1, -0.05) is 12.1 Å². The van der Waals surface area contributed by atoms with E-state index < -0.39 is 0 Å². The van der Waals surface area contributed by atoms with Crippen molar-refractivity contribution in [2.45, 2.75) is 6.54 Å². The fraction of sp³-hybridized carbons (Fsp3) is 0.0714. The molecule has 94 valence electrons. The molecule has 2 aromatic heterocycles. The van der Waals surface area contributed by atoms with Gasteiger partial charge in [-0.3, -0.25) is 4.98 Å².